The van der Waals surface area contributed by atoms with Gasteiger partial charge < -0.3 is 25.0 Å². The standard InChI is InChI=1S/C26H30F8N4O5/c1-12(42-13(2)25(29,30)31)21(35)22-36-17-6-3-15(8-18(17)37-22)19(11-41-16-4-5-16)38(43-23(40)26(32,33)34)20(39)7-14-9-24(27,28)10-14/h3,6,8,12-14,16,19,21H,4-5,7,9-11,35H2,1-2H3,(H,36,37)/t12-,13-,19-,21+/m1/s1. The lowest BCUT2D eigenvalue weighted by molar-refractivity contribution is -0.248. The minimum absolute atomic E-state index is 0.0437. The number of fused-ring (bicyclic) bond motifs is 1. The van der Waals surface area contributed by atoms with Crippen LogP contribution in [-0.4, -0.2) is 70.1 Å². The number of H-pyrrole nitrogens is 1. The van der Waals surface area contributed by atoms with Gasteiger partial charge in [-0.1, -0.05) is 6.07 Å². The van der Waals surface area contributed by atoms with E-state index < -0.39 is 86.2 Å². The first-order valence-electron chi connectivity index (χ1n) is 13.4. The summed E-state index contributed by atoms with van der Waals surface area (Å²) in [5, 5.41) is 0.216. The monoisotopic (exact) mass is 630 g/mol. The predicted octanol–water partition coefficient (Wildman–Crippen LogP) is 5.42. The number of halogens is 8. The molecule has 17 heteroatoms. The van der Waals surface area contributed by atoms with Crippen LogP contribution in [0, 0.1) is 5.92 Å². The molecule has 2 fully saturated rings. The molecule has 0 unspecified atom stereocenters. The van der Waals surface area contributed by atoms with Gasteiger partial charge in [0.15, 0.2) is 6.10 Å². The molecule has 2 aliphatic carbocycles. The van der Waals surface area contributed by atoms with Crippen molar-refractivity contribution in [1.82, 2.24) is 15.0 Å². The van der Waals surface area contributed by atoms with Gasteiger partial charge in [-0.3, -0.25) is 4.79 Å². The number of hydroxylamine groups is 2. The van der Waals surface area contributed by atoms with E-state index in [1.54, 1.807) is 0 Å². The fourth-order valence-electron chi connectivity index (χ4n) is 4.58. The van der Waals surface area contributed by atoms with E-state index in [1.165, 1.54) is 25.1 Å². The average molecular weight is 631 g/mol. The Kier molecular flexibility index (Phi) is 9.28. The normalized spacial score (nSPS) is 20.3. The molecule has 0 bridgehead atoms. The second-order valence-electron chi connectivity index (χ2n) is 10.9. The number of carbonyl (C=O) groups is 2. The molecule has 0 aliphatic heterocycles. The van der Waals surface area contributed by atoms with Crippen molar-refractivity contribution >= 4 is 22.9 Å². The van der Waals surface area contributed by atoms with Gasteiger partial charge in [-0.15, -0.1) is 0 Å². The van der Waals surface area contributed by atoms with E-state index in [0.717, 1.165) is 6.92 Å². The van der Waals surface area contributed by atoms with Crippen LogP contribution >= 0.6 is 0 Å². The van der Waals surface area contributed by atoms with Crippen molar-refractivity contribution in [2.45, 2.75) is 94.6 Å². The Morgan fingerprint density at radius 2 is 1.79 bits per heavy atom. The second kappa shape index (κ2) is 12.1. The van der Waals surface area contributed by atoms with Gasteiger partial charge in [0.25, 0.3) is 5.91 Å². The van der Waals surface area contributed by atoms with Crippen molar-refractivity contribution in [3.8, 4) is 0 Å². The number of nitrogens with two attached hydrogens (primary N) is 1. The maximum Gasteiger partial charge on any atom is 0.493 e. The summed E-state index contributed by atoms with van der Waals surface area (Å²) in [5.74, 6) is -7.59. The van der Waals surface area contributed by atoms with Crippen LogP contribution in [0.1, 0.15) is 69.4 Å². The summed E-state index contributed by atoms with van der Waals surface area (Å²) >= 11 is 0. The summed E-state index contributed by atoms with van der Waals surface area (Å²) in [6, 6.07) is 1.61. The molecule has 0 saturated heterocycles. The number of alkyl halides is 8. The van der Waals surface area contributed by atoms with E-state index in [-0.39, 0.29) is 33.6 Å². The van der Waals surface area contributed by atoms with E-state index in [0.29, 0.717) is 12.8 Å². The lowest BCUT2D eigenvalue weighted by Gasteiger charge is -2.36. The maximum atomic E-state index is 13.4. The molecule has 2 saturated carbocycles. The van der Waals surface area contributed by atoms with Gasteiger partial charge in [0.05, 0.1) is 35.9 Å². The third kappa shape index (κ3) is 8.32. The van der Waals surface area contributed by atoms with Gasteiger partial charge in [-0.2, -0.15) is 31.4 Å². The zero-order valence-corrected chi connectivity index (χ0v) is 23.0. The highest BCUT2D eigenvalue weighted by Crippen LogP contribution is 2.44. The van der Waals surface area contributed by atoms with Crippen molar-refractivity contribution < 1.29 is 59.0 Å². The van der Waals surface area contributed by atoms with Crippen LogP contribution in [-0.2, 0) is 23.9 Å². The van der Waals surface area contributed by atoms with Gasteiger partial charge in [-0.05, 0) is 50.3 Å². The van der Waals surface area contributed by atoms with Crippen molar-refractivity contribution in [1.29, 1.82) is 0 Å². The van der Waals surface area contributed by atoms with Crippen LogP contribution in [0.2, 0.25) is 0 Å². The number of ether oxygens (including phenoxy) is 2. The molecule has 1 aromatic carbocycles. The highest BCUT2D eigenvalue weighted by molar-refractivity contribution is 5.81. The van der Waals surface area contributed by atoms with E-state index in [9.17, 15) is 44.7 Å². The molecule has 1 heterocycles. The number of nitrogens with one attached hydrogen (secondary N) is 1. The van der Waals surface area contributed by atoms with Gasteiger partial charge >= 0.3 is 18.3 Å². The topological polar surface area (TPSA) is 120 Å². The van der Waals surface area contributed by atoms with Crippen LogP contribution in [0.5, 0.6) is 0 Å². The SMILES string of the molecule is C[C@@H](O[C@H](C)C(F)(F)F)[C@H](N)c1nc2ccc([C@@H](COC3CC3)N(OC(=O)C(F)(F)F)C(=O)CC3CC(F)(F)C3)cc2[nH]1. The maximum absolute atomic E-state index is 13.4. The minimum atomic E-state index is -5.47. The number of hydrogen-bond donors (Lipinski definition) is 2. The number of aromatic nitrogens is 2. The lowest BCUT2D eigenvalue weighted by atomic mass is 9.79. The second-order valence-corrected chi connectivity index (χ2v) is 10.9. The number of benzene rings is 1. The molecule has 1 amide bonds. The highest BCUT2D eigenvalue weighted by Gasteiger charge is 2.49. The molecule has 0 radical (unpaired) electrons. The average Bonchev–Trinajstić information content (AvgIpc) is 3.61. The molecule has 3 N–H and O–H groups in total. The third-order valence-electron chi connectivity index (χ3n) is 7.20. The molecule has 9 nitrogen and oxygen atoms in total. The summed E-state index contributed by atoms with van der Waals surface area (Å²) in [6.45, 7) is 1.76. The number of carbonyl (C=O) groups excluding carboxylic acids is 2. The van der Waals surface area contributed by atoms with Crippen molar-refractivity contribution in [2.24, 2.45) is 11.7 Å². The fourth-order valence-corrected chi connectivity index (χ4v) is 4.58. The van der Waals surface area contributed by atoms with Gasteiger partial charge in [0.2, 0.25) is 5.92 Å². The van der Waals surface area contributed by atoms with Gasteiger partial charge in [0, 0.05) is 19.3 Å². The Labute approximate surface area is 240 Å². The quantitative estimate of drug-likeness (QED) is 0.251. The van der Waals surface area contributed by atoms with Crippen molar-refractivity contribution in [3.05, 3.63) is 29.6 Å². The third-order valence-corrected chi connectivity index (χ3v) is 7.20. The molecule has 0 spiro atoms. The fraction of sp³-hybridized carbons (Fsp3) is 0.654. The minimum Gasteiger partial charge on any atom is -0.376 e. The number of hydrogen-bond acceptors (Lipinski definition) is 7. The van der Waals surface area contributed by atoms with Crippen LogP contribution in [0.15, 0.2) is 18.2 Å². The Morgan fingerprint density at radius 3 is 2.35 bits per heavy atom. The summed E-state index contributed by atoms with van der Waals surface area (Å²) in [5.41, 5.74) is 6.72. The molecule has 2 aliphatic rings. The summed E-state index contributed by atoms with van der Waals surface area (Å²) in [6.07, 6.45) is -14.1. The Morgan fingerprint density at radius 1 is 1.14 bits per heavy atom. The largest absolute Gasteiger partial charge is 0.493 e. The molecule has 4 atom stereocenters. The van der Waals surface area contributed by atoms with E-state index in [2.05, 4.69) is 14.8 Å². The predicted molar refractivity (Wildman–Crippen MR) is 132 cm³/mol. The number of amides is 1. The van der Waals surface area contributed by atoms with Gasteiger partial charge in [-0.25, -0.2) is 18.6 Å². The van der Waals surface area contributed by atoms with Gasteiger partial charge in [0.1, 0.15) is 11.9 Å². The molecule has 1 aromatic heterocycles. The number of aromatic amines is 1. The molecule has 240 valence electrons. The van der Waals surface area contributed by atoms with Crippen LogP contribution in [0.3, 0.4) is 0 Å². The zero-order valence-electron chi connectivity index (χ0n) is 23.0. The number of nitrogens with zero attached hydrogens (tertiary/aromatic N) is 2. The van der Waals surface area contributed by atoms with Crippen LogP contribution in [0.25, 0.3) is 11.0 Å². The molecular formula is C26H30F8N4O5. The van der Waals surface area contributed by atoms with Crippen LogP contribution < -0.4 is 5.73 Å². The Bertz CT molecular complexity index is 1300. The van der Waals surface area contributed by atoms with E-state index in [4.69, 9.17) is 15.2 Å². The van der Waals surface area contributed by atoms with Crippen LogP contribution in [0.4, 0.5) is 35.1 Å². The van der Waals surface area contributed by atoms with Crippen molar-refractivity contribution in [3.63, 3.8) is 0 Å². The first-order chi connectivity index (χ1) is 19.8. The zero-order chi connectivity index (χ0) is 31.9. The van der Waals surface area contributed by atoms with E-state index >= 15 is 0 Å². The number of imidazole rings is 1. The Hall–Kier alpha value is -3.05. The number of rotatable bonds is 11. The first-order valence-corrected chi connectivity index (χ1v) is 13.4. The molecule has 4 rings (SSSR count). The Balaban J connectivity index is 1.62. The molecule has 2 aromatic rings. The van der Waals surface area contributed by atoms with E-state index in [1.807, 2.05) is 0 Å². The van der Waals surface area contributed by atoms with Crippen molar-refractivity contribution in [2.75, 3.05) is 6.61 Å². The summed E-state index contributed by atoms with van der Waals surface area (Å²) < 4.78 is 116. The summed E-state index contributed by atoms with van der Waals surface area (Å²) in [7, 11) is 0. The summed E-state index contributed by atoms with van der Waals surface area (Å²) in [4.78, 5) is 36.6. The highest BCUT2D eigenvalue weighted by atomic mass is 19.4. The lowest BCUT2D eigenvalue weighted by Crippen LogP contribution is -2.45. The first kappa shape index (κ1) is 32.9. The smallest absolute Gasteiger partial charge is 0.376 e. The molecular weight excluding hydrogens is 600 g/mol. The molecule has 43 heavy (non-hydrogen) atoms.